The Morgan fingerprint density at radius 3 is 2.61 bits per heavy atom. The van der Waals surface area contributed by atoms with Gasteiger partial charge >= 0.3 is 5.97 Å². The lowest BCUT2D eigenvalue weighted by atomic mass is 9.97. The lowest BCUT2D eigenvalue weighted by molar-refractivity contribution is -0.157. The minimum atomic E-state index is -0.548. The van der Waals surface area contributed by atoms with Gasteiger partial charge in [0.1, 0.15) is 6.04 Å². The van der Waals surface area contributed by atoms with Crippen LogP contribution in [0.3, 0.4) is 0 Å². The lowest BCUT2D eigenvalue weighted by Gasteiger charge is -2.35. The summed E-state index contributed by atoms with van der Waals surface area (Å²) in [6, 6.07) is -0.423. The van der Waals surface area contributed by atoms with Crippen molar-refractivity contribution in [1.82, 2.24) is 4.90 Å². The zero-order chi connectivity index (χ0) is 13.8. The SMILES string of the molecule is CCOC(=O)C1CCCCN1C(=O)CC(C)(C)N. The minimum absolute atomic E-state index is 0.0553. The fourth-order valence-corrected chi connectivity index (χ4v) is 2.20. The Hall–Kier alpha value is -1.10. The van der Waals surface area contributed by atoms with Gasteiger partial charge in [0.05, 0.1) is 6.61 Å². The molecule has 0 bridgehead atoms. The van der Waals surface area contributed by atoms with Crippen molar-refractivity contribution in [1.29, 1.82) is 0 Å². The van der Waals surface area contributed by atoms with Gasteiger partial charge in [-0.1, -0.05) is 0 Å². The Bertz CT molecular complexity index is 310. The summed E-state index contributed by atoms with van der Waals surface area (Å²) in [5.41, 5.74) is 5.31. The van der Waals surface area contributed by atoms with E-state index in [1.165, 1.54) is 0 Å². The number of likely N-dealkylation sites (tertiary alicyclic amines) is 1. The van der Waals surface area contributed by atoms with Crippen LogP contribution in [0.1, 0.15) is 46.5 Å². The highest BCUT2D eigenvalue weighted by Crippen LogP contribution is 2.20. The summed E-state index contributed by atoms with van der Waals surface area (Å²) in [6.07, 6.45) is 2.84. The van der Waals surface area contributed by atoms with Crippen LogP contribution in [0.2, 0.25) is 0 Å². The van der Waals surface area contributed by atoms with Gasteiger partial charge in [-0.2, -0.15) is 0 Å². The Labute approximate surface area is 109 Å². The predicted molar refractivity (Wildman–Crippen MR) is 68.9 cm³/mol. The van der Waals surface area contributed by atoms with Crippen LogP contribution in [0.5, 0.6) is 0 Å². The molecule has 0 spiro atoms. The third-order valence-corrected chi connectivity index (χ3v) is 2.99. The van der Waals surface area contributed by atoms with Crippen LogP contribution in [0.15, 0.2) is 0 Å². The number of nitrogens with zero attached hydrogens (tertiary/aromatic N) is 1. The van der Waals surface area contributed by atoms with Crippen molar-refractivity contribution < 1.29 is 14.3 Å². The Morgan fingerprint density at radius 1 is 1.39 bits per heavy atom. The molecule has 1 aliphatic heterocycles. The average Bonchev–Trinajstić information content (AvgIpc) is 2.27. The molecule has 1 heterocycles. The molecular weight excluding hydrogens is 232 g/mol. The van der Waals surface area contributed by atoms with Crippen molar-refractivity contribution in [3.8, 4) is 0 Å². The first-order chi connectivity index (χ1) is 8.35. The van der Waals surface area contributed by atoms with Crippen molar-refractivity contribution in [3.05, 3.63) is 0 Å². The van der Waals surface area contributed by atoms with Gasteiger partial charge in [0.25, 0.3) is 0 Å². The fraction of sp³-hybridized carbons (Fsp3) is 0.846. The number of amides is 1. The Kier molecular flexibility index (Phi) is 5.14. The molecular formula is C13H24N2O3. The largest absolute Gasteiger partial charge is 0.464 e. The van der Waals surface area contributed by atoms with Crippen LogP contribution in [0.25, 0.3) is 0 Å². The van der Waals surface area contributed by atoms with Crippen LogP contribution in [-0.4, -0.2) is 41.5 Å². The second-order valence-electron chi connectivity index (χ2n) is 5.52. The summed E-state index contributed by atoms with van der Waals surface area (Å²) in [4.78, 5) is 25.6. The molecule has 18 heavy (non-hydrogen) atoms. The molecule has 1 rings (SSSR count). The highest BCUT2D eigenvalue weighted by atomic mass is 16.5. The molecule has 5 heteroatoms. The number of esters is 1. The molecule has 0 radical (unpaired) electrons. The molecule has 0 aromatic heterocycles. The second kappa shape index (κ2) is 6.18. The van der Waals surface area contributed by atoms with Crippen LogP contribution in [0.4, 0.5) is 0 Å². The third kappa shape index (κ3) is 4.29. The third-order valence-electron chi connectivity index (χ3n) is 2.99. The molecule has 0 saturated carbocycles. The van der Waals surface area contributed by atoms with E-state index in [0.29, 0.717) is 19.6 Å². The van der Waals surface area contributed by atoms with E-state index in [4.69, 9.17) is 10.5 Å². The zero-order valence-electron chi connectivity index (χ0n) is 11.6. The van der Waals surface area contributed by atoms with Gasteiger partial charge in [-0.3, -0.25) is 4.79 Å². The number of hydrogen-bond acceptors (Lipinski definition) is 4. The van der Waals surface area contributed by atoms with E-state index >= 15 is 0 Å². The number of hydrogen-bond donors (Lipinski definition) is 1. The van der Waals surface area contributed by atoms with E-state index in [1.807, 2.05) is 13.8 Å². The molecule has 1 fully saturated rings. The van der Waals surface area contributed by atoms with Crippen LogP contribution < -0.4 is 5.73 Å². The summed E-state index contributed by atoms with van der Waals surface area (Å²) in [5.74, 6) is -0.347. The molecule has 1 atom stereocenters. The van der Waals surface area contributed by atoms with Gasteiger partial charge in [0.2, 0.25) is 5.91 Å². The van der Waals surface area contributed by atoms with Crippen LogP contribution in [0, 0.1) is 0 Å². The molecule has 1 aliphatic rings. The maximum atomic E-state index is 12.2. The minimum Gasteiger partial charge on any atom is -0.464 e. The van der Waals surface area contributed by atoms with Crippen molar-refractivity contribution in [2.45, 2.75) is 58.0 Å². The van der Waals surface area contributed by atoms with Gasteiger partial charge in [0, 0.05) is 18.5 Å². The molecule has 2 N–H and O–H groups in total. The van der Waals surface area contributed by atoms with Crippen molar-refractivity contribution in [3.63, 3.8) is 0 Å². The first-order valence-electron chi connectivity index (χ1n) is 6.60. The Balaban J connectivity index is 2.70. The van der Waals surface area contributed by atoms with Gasteiger partial charge in [-0.05, 0) is 40.0 Å². The van der Waals surface area contributed by atoms with Crippen LogP contribution >= 0.6 is 0 Å². The van der Waals surface area contributed by atoms with Crippen molar-refractivity contribution in [2.24, 2.45) is 5.73 Å². The van der Waals surface area contributed by atoms with Gasteiger partial charge in [-0.15, -0.1) is 0 Å². The van der Waals surface area contributed by atoms with Gasteiger partial charge in [0.15, 0.2) is 0 Å². The molecule has 0 aromatic carbocycles. The van der Waals surface area contributed by atoms with E-state index < -0.39 is 11.6 Å². The van der Waals surface area contributed by atoms with Gasteiger partial charge in [-0.25, -0.2) is 4.79 Å². The van der Waals surface area contributed by atoms with Gasteiger partial charge < -0.3 is 15.4 Å². The number of carbonyl (C=O) groups is 2. The van der Waals surface area contributed by atoms with E-state index in [1.54, 1.807) is 11.8 Å². The molecule has 0 aliphatic carbocycles. The number of ether oxygens (including phenoxy) is 1. The molecule has 5 nitrogen and oxygen atoms in total. The monoisotopic (exact) mass is 256 g/mol. The molecule has 1 saturated heterocycles. The molecule has 1 amide bonds. The summed E-state index contributed by atoms with van der Waals surface area (Å²) in [5, 5.41) is 0. The molecule has 104 valence electrons. The maximum absolute atomic E-state index is 12.2. The summed E-state index contributed by atoms with van der Waals surface area (Å²) in [6.45, 7) is 6.37. The highest BCUT2D eigenvalue weighted by Gasteiger charge is 2.34. The predicted octanol–water partition coefficient (Wildman–Crippen LogP) is 1.06. The first-order valence-corrected chi connectivity index (χ1v) is 6.60. The summed E-state index contributed by atoms with van der Waals surface area (Å²) < 4.78 is 5.03. The average molecular weight is 256 g/mol. The van der Waals surface area contributed by atoms with E-state index in [2.05, 4.69) is 0 Å². The van der Waals surface area contributed by atoms with Crippen molar-refractivity contribution >= 4 is 11.9 Å². The standard InChI is InChI=1S/C13H24N2O3/c1-4-18-12(17)10-7-5-6-8-15(10)11(16)9-13(2,3)14/h10H,4-9,14H2,1-3H3. The molecule has 1 unspecified atom stereocenters. The number of nitrogens with two attached hydrogens (primary N) is 1. The summed E-state index contributed by atoms with van der Waals surface area (Å²) >= 11 is 0. The number of piperidine rings is 1. The smallest absolute Gasteiger partial charge is 0.328 e. The normalized spacial score (nSPS) is 20.7. The van der Waals surface area contributed by atoms with E-state index in [0.717, 1.165) is 12.8 Å². The topological polar surface area (TPSA) is 72.6 Å². The second-order valence-corrected chi connectivity index (χ2v) is 5.52. The fourth-order valence-electron chi connectivity index (χ4n) is 2.20. The summed E-state index contributed by atoms with van der Waals surface area (Å²) in [7, 11) is 0. The first kappa shape index (κ1) is 15.0. The molecule has 0 aromatic rings. The van der Waals surface area contributed by atoms with E-state index in [9.17, 15) is 9.59 Å². The van der Waals surface area contributed by atoms with E-state index in [-0.39, 0.29) is 18.3 Å². The highest BCUT2D eigenvalue weighted by molar-refractivity contribution is 5.85. The van der Waals surface area contributed by atoms with Crippen LogP contribution in [-0.2, 0) is 14.3 Å². The Morgan fingerprint density at radius 2 is 2.06 bits per heavy atom. The number of rotatable bonds is 4. The zero-order valence-corrected chi connectivity index (χ0v) is 11.6. The number of carbonyl (C=O) groups excluding carboxylic acids is 2. The van der Waals surface area contributed by atoms with Crippen molar-refractivity contribution in [2.75, 3.05) is 13.2 Å². The maximum Gasteiger partial charge on any atom is 0.328 e. The quantitative estimate of drug-likeness (QED) is 0.763. The lowest BCUT2D eigenvalue weighted by Crippen LogP contribution is -2.51.